The molecule has 0 bridgehead atoms. The van der Waals surface area contributed by atoms with E-state index in [1.165, 1.54) is 6.26 Å². The summed E-state index contributed by atoms with van der Waals surface area (Å²) in [6.45, 7) is 1.92. The Hall–Kier alpha value is -4.85. The zero-order chi connectivity index (χ0) is 25.3. The molecular weight excluding hydrogens is 456 g/mol. The van der Waals surface area contributed by atoms with Crippen LogP contribution in [0.3, 0.4) is 0 Å². The van der Waals surface area contributed by atoms with Crippen LogP contribution < -0.4 is 21.3 Å². The second-order valence-corrected chi connectivity index (χ2v) is 8.10. The maximum Gasteiger partial charge on any atom is 0.291 e. The molecule has 8 nitrogen and oxygen atoms in total. The van der Waals surface area contributed by atoms with Crippen molar-refractivity contribution >= 4 is 34.8 Å². The molecule has 0 fully saturated rings. The summed E-state index contributed by atoms with van der Waals surface area (Å²) < 4.78 is 5.08. The van der Waals surface area contributed by atoms with Gasteiger partial charge in [0.1, 0.15) is 0 Å². The fraction of sp³-hybridized carbons (Fsp3) is 0.107. The fourth-order valence-electron chi connectivity index (χ4n) is 3.54. The van der Waals surface area contributed by atoms with Crippen LogP contribution >= 0.6 is 0 Å². The third kappa shape index (κ3) is 6.60. The predicted octanol–water partition coefficient (Wildman–Crippen LogP) is 5.07. The van der Waals surface area contributed by atoms with Crippen LogP contribution in [0.2, 0.25) is 0 Å². The van der Waals surface area contributed by atoms with E-state index in [0.717, 1.165) is 5.56 Å². The van der Waals surface area contributed by atoms with Crippen molar-refractivity contribution < 1.29 is 18.8 Å². The van der Waals surface area contributed by atoms with Gasteiger partial charge in [0.15, 0.2) is 5.76 Å². The molecule has 182 valence electrons. The lowest BCUT2D eigenvalue weighted by Gasteiger charge is -2.15. The van der Waals surface area contributed by atoms with E-state index < -0.39 is 0 Å². The number of rotatable bonds is 9. The van der Waals surface area contributed by atoms with Crippen molar-refractivity contribution in [2.45, 2.75) is 13.0 Å². The van der Waals surface area contributed by atoms with Crippen LogP contribution in [0.5, 0.6) is 0 Å². The Morgan fingerprint density at radius 1 is 0.750 bits per heavy atom. The highest BCUT2D eigenvalue weighted by Gasteiger charge is 2.12. The topological polar surface area (TPSA) is 112 Å². The largest absolute Gasteiger partial charge is 0.459 e. The Morgan fingerprint density at radius 2 is 1.47 bits per heavy atom. The molecule has 1 aromatic heterocycles. The lowest BCUT2D eigenvalue weighted by Crippen LogP contribution is -2.26. The molecule has 0 aliphatic carbocycles. The van der Waals surface area contributed by atoms with Gasteiger partial charge in [-0.15, -0.1) is 0 Å². The van der Waals surface area contributed by atoms with Crippen molar-refractivity contribution in [3.8, 4) is 0 Å². The molecular formula is C28H26N4O4. The van der Waals surface area contributed by atoms with Gasteiger partial charge in [-0.1, -0.05) is 42.5 Å². The van der Waals surface area contributed by atoms with Crippen molar-refractivity contribution in [2.75, 3.05) is 22.5 Å². The van der Waals surface area contributed by atoms with E-state index in [-0.39, 0.29) is 36.1 Å². The molecule has 3 aromatic carbocycles. The van der Waals surface area contributed by atoms with E-state index in [1.54, 1.807) is 60.7 Å². The first-order chi connectivity index (χ1) is 17.5. The first-order valence-electron chi connectivity index (χ1n) is 11.4. The molecule has 0 aliphatic heterocycles. The molecule has 0 aliphatic rings. The Kier molecular flexibility index (Phi) is 7.77. The van der Waals surface area contributed by atoms with Gasteiger partial charge in [-0.25, -0.2) is 0 Å². The van der Waals surface area contributed by atoms with E-state index in [2.05, 4.69) is 21.3 Å². The van der Waals surface area contributed by atoms with E-state index >= 15 is 0 Å². The summed E-state index contributed by atoms with van der Waals surface area (Å²) in [5, 5.41) is 11.5. The zero-order valence-corrected chi connectivity index (χ0v) is 19.7. The van der Waals surface area contributed by atoms with Crippen LogP contribution in [-0.2, 0) is 4.79 Å². The minimum atomic E-state index is -0.382. The SMILES string of the molecule is CC(NC(=O)c1cccc(NCC(=O)Nc2cccc(NC(=O)c3ccco3)c2)c1)c1ccccc1. The normalized spacial score (nSPS) is 11.2. The Morgan fingerprint density at radius 3 is 2.22 bits per heavy atom. The maximum absolute atomic E-state index is 12.7. The third-order valence-corrected chi connectivity index (χ3v) is 5.37. The molecule has 1 unspecified atom stereocenters. The van der Waals surface area contributed by atoms with Crippen LogP contribution in [0.25, 0.3) is 0 Å². The lowest BCUT2D eigenvalue weighted by molar-refractivity contribution is -0.114. The molecule has 4 N–H and O–H groups in total. The second-order valence-electron chi connectivity index (χ2n) is 8.10. The molecule has 1 heterocycles. The number of hydrogen-bond donors (Lipinski definition) is 4. The summed E-state index contributed by atoms with van der Waals surface area (Å²) in [6, 6.07) is 26.5. The monoisotopic (exact) mass is 482 g/mol. The molecule has 3 amide bonds. The quantitative estimate of drug-likeness (QED) is 0.266. The van der Waals surface area contributed by atoms with Crippen LogP contribution in [-0.4, -0.2) is 24.3 Å². The van der Waals surface area contributed by atoms with Gasteiger partial charge in [-0.05, 0) is 61.0 Å². The number of furan rings is 1. The Bertz CT molecular complexity index is 1340. The van der Waals surface area contributed by atoms with Gasteiger partial charge < -0.3 is 25.7 Å². The van der Waals surface area contributed by atoms with Gasteiger partial charge >= 0.3 is 0 Å². The molecule has 8 heteroatoms. The standard InChI is InChI=1S/C28H26N4O4/c1-19(20-8-3-2-4-9-20)30-27(34)21-10-5-11-22(16-21)29-18-26(33)31-23-12-6-13-24(17-23)32-28(35)25-14-7-15-36-25/h2-17,19,29H,18H2,1H3,(H,30,34)(H,31,33)(H,32,35). The zero-order valence-electron chi connectivity index (χ0n) is 19.7. The highest BCUT2D eigenvalue weighted by atomic mass is 16.3. The molecule has 4 rings (SSSR count). The smallest absolute Gasteiger partial charge is 0.291 e. The first kappa shape index (κ1) is 24.3. The fourth-order valence-corrected chi connectivity index (χ4v) is 3.54. The van der Waals surface area contributed by atoms with Gasteiger partial charge in [0.05, 0.1) is 18.8 Å². The average molecular weight is 483 g/mol. The summed E-state index contributed by atoms with van der Waals surface area (Å²) in [7, 11) is 0. The second kappa shape index (κ2) is 11.5. The minimum absolute atomic E-state index is 0.00548. The number of hydrogen-bond acceptors (Lipinski definition) is 5. The molecule has 4 aromatic rings. The summed E-state index contributed by atoms with van der Waals surface area (Å²) in [5.74, 6) is -0.670. The number of carbonyl (C=O) groups excluding carboxylic acids is 3. The van der Waals surface area contributed by atoms with Gasteiger partial charge in [-0.2, -0.15) is 0 Å². The maximum atomic E-state index is 12.7. The molecule has 0 saturated heterocycles. The highest BCUT2D eigenvalue weighted by Crippen LogP contribution is 2.17. The summed E-state index contributed by atoms with van der Waals surface area (Å²) in [6.07, 6.45) is 1.42. The lowest BCUT2D eigenvalue weighted by atomic mass is 10.1. The van der Waals surface area contributed by atoms with Gasteiger partial charge in [0, 0.05) is 22.6 Å². The molecule has 0 spiro atoms. The van der Waals surface area contributed by atoms with Crippen molar-refractivity contribution in [3.63, 3.8) is 0 Å². The van der Waals surface area contributed by atoms with Crippen molar-refractivity contribution in [3.05, 3.63) is 114 Å². The Labute approximate surface area is 208 Å². The first-order valence-corrected chi connectivity index (χ1v) is 11.4. The highest BCUT2D eigenvalue weighted by molar-refractivity contribution is 6.03. The van der Waals surface area contributed by atoms with E-state index in [0.29, 0.717) is 22.6 Å². The molecule has 0 saturated carbocycles. The van der Waals surface area contributed by atoms with E-state index in [9.17, 15) is 14.4 Å². The van der Waals surface area contributed by atoms with Gasteiger partial charge in [0.25, 0.3) is 11.8 Å². The third-order valence-electron chi connectivity index (χ3n) is 5.37. The van der Waals surface area contributed by atoms with Crippen LogP contribution in [0, 0.1) is 0 Å². The van der Waals surface area contributed by atoms with E-state index in [4.69, 9.17) is 4.42 Å². The Balaban J connectivity index is 1.30. The number of carbonyl (C=O) groups is 3. The number of amides is 3. The average Bonchev–Trinajstić information content (AvgIpc) is 3.44. The van der Waals surface area contributed by atoms with Crippen molar-refractivity contribution in [1.29, 1.82) is 0 Å². The number of benzene rings is 3. The van der Waals surface area contributed by atoms with Crippen molar-refractivity contribution in [1.82, 2.24) is 5.32 Å². The molecule has 0 radical (unpaired) electrons. The van der Waals surface area contributed by atoms with Crippen LogP contribution in [0.15, 0.2) is 102 Å². The van der Waals surface area contributed by atoms with Gasteiger partial charge in [0.2, 0.25) is 5.91 Å². The van der Waals surface area contributed by atoms with Gasteiger partial charge in [-0.3, -0.25) is 14.4 Å². The van der Waals surface area contributed by atoms with Crippen LogP contribution in [0.1, 0.15) is 39.4 Å². The number of nitrogens with one attached hydrogen (secondary N) is 4. The predicted molar refractivity (Wildman–Crippen MR) is 139 cm³/mol. The summed E-state index contributed by atoms with van der Waals surface area (Å²) in [5.41, 5.74) is 3.20. The number of anilines is 3. The van der Waals surface area contributed by atoms with E-state index in [1.807, 2.05) is 37.3 Å². The summed E-state index contributed by atoms with van der Waals surface area (Å²) in [4.78, 5) is 37.3. The minimum Gasteiger partial charge on any atom is -0.459 e. The summed E-state index contributed by atoms with van der Waals surface area (Å²) >= 11 is 0. The molecule has 1 atom stereocenters. The molecule has 36 heavy (non-hydrogen) atoms. The van der Waals surface area contributed by atoms with Crippen molar-refractivity contribution in [2.24, 2.45) is 0 Å². The van der Waals surface area contributed by atoms with Crippen LogP contribution in [0.4, 0.5) is 17.1 Å².